The predicted molar refractivity (Wildman–Crippen MR) is 94.2 cm³/mol. The number of hydrogen-bond donors (Lipinski definition) is 3. The molecule has 0 bridgehead atoms. The molecule has 0 heterocycles. The van der Waals surface area contributed by atoms with Crippen LogP contribution in [0.5, 0.6) is 11.5 Å². The molecule has 0 fully saturated rings. The van der Waals surface area contributed by atoms with E-state index >= 15 is 0 Å². The lowest BCUT2D eigenvalue weighted by atomic mass is 9.87. The van der Waals surface area contributed by atoms with Crippen molar-refractivity contribution in [2.45, 2.75) is 50.6 Å². The van der Waals surface area contributed by atoms with Gasteiger partial charge in [-0.05, 0) is 61.9 Å². The maximum absolute atomic E-state index is 12.4. The van der Waals surface area contributed by atoms with E-state index in [2.05, 4.69) is 5.32 Å². The Kier molecular flexibility index (Phi) is 6.87. The highest BCUT2D eigenvalue weighted by atomic mass is 16.5. The van der Waals surface area contributed by atoms with Crippen LogP contribution in [0.3, 0.4) is 0 Å². The molecule has 5 N–H and O–H groups in total. The Labute approximate surface area is 143 Å². The van der Waals surface area contributed by atoms with Gasteiger partial charge in [0.15, 0.2) is 11.5 Å². The molecule has 0 saturated carbocycles. The number of amides is 1. The van der Waals surface area contributed by atoms with Crippen molar-refractivity contribution in [3.05, 3.63) is 23.3 Å². The number of nitrogens with one attached hydrogen (secondary N) is 1. The molecule has 134 valence electrons. The van der Waals surface area contributed by atoms with Gasteiger partial charge < -0.3 is 26.3 Å². The summed E-state index contributed by atoms with van der Waals surface area (Å²) in [5, 5.41) is 3.10. The molecule has 2 atom stereocenters. The number of carbonyl (C=O) groups is 1. The first-order valence-corrected chi connectivity index (χ1v) is 8.61. The van der Waals surface area contributed by atoms with Crippen LogP contribution in [0.4, 0.5) is 0 Å². The van der Waals surface area contributed by atoms with Gasteiger partial charge in [0.05, 0.1) is 26.3 Å². The molecule has 1 aliphatic rings. The maximum atomic E-state index is 12.4. The van der Waals surface area contributed by atoms with Gasteiger partial charge in [-0.3, -0.25) is 4.79 Å². The Balaban J connectivity index is 2.09. The normalized spacial score (nSPS) is 17.8. The van der Waals surface area contributed by atoms with Crippen molar-refractivity contribution in [2.75, 3.05) is 20.8 Å². The van der Waals surface area contributed by atoms with E-state index in [0.29, 0.717) is 18.7 Å². The maximum Gasteiger partial charge on any atom is 0.237 e. The summed E-state index contributed by atoms with van der Waals surface area (Å²) in [6, 6.07) is 3.47. The van der Waals surface area contributed by atoms with Crippen LogP contribution in [-0.2, 0) is 11.2 Å². The van der Waals surface area contributed by atoms with Crippen molar-refractivity contribution in [1.82, 2.24) is 5.32 Å². The molecular weight excluding hydrogens is 306 g/mol. The van der Waals surface area contributed by atoms with Crippen LogP contribution in [0.2, 0.25) is 0 Å². The fourth-order valence-corrected chi connectivity index (χ4v) is 3.20. The van der Waals surface area contributed by atoms with Gasteiger partial charge >= 0.3 is 0 Å². The molecule has 1 aliphatic carbocycles. The molecule has 0 aliphatic heterocycles. The Morgan fingerprint density at radius 2 is 2.00 bits per heavy atom. The first-order chi connectivity index (χ1) is 11.6. The summed E-state index contributed by atoms with van der Waals surface area (Å²) in [5.41, 5.74) is 13.8. The lowest BCUT2D eigenvalue weighted by Crippen LogP contribution is -2.43. The Hall–Kier alpha value is -1.79. The van der Waals surface area contributed by atoms with Crippen LogP contribution in [0.1, 0.15) is 49.3 Å². The fourth-order valence-electron chi connectivity index (χ4n) is 3.20. The minimum atomic E-state index is -0.484. The summed E-state index contributed by atoms with van der Waals surface area (Å²) in [4.78, 5) is 12.4. The molecule has 1 aromatic carbocycles. The zero-order chi connectivity index (χ0) is 17.5. The van der Waals surface area contributed by atoms with Crippen molar-refractivity contribution >= 4 is 5.91 Å². The number of rotatable bonds is 8. The van der Waals surface area contributed by atoms with Crippen molar-refractivity contribution in [1.29, 1.82) is 0 Å². The van der Waals surface area contributed by atoms with E-state index in [9.17, 15) is 4.79 Å². The van der Waals surface area contributed by atoms with Gasteiger partial charge in [-0.2, -0.15) is 0 Å². The summed E-state index contributed by atoms with van der Waals surface area (Å²) in [5.74, 6) is 1.31. The highest BCUT2D eigenvalue weighted by molar-refractivity contribution is 5.82. The molecule has 6 nitrogen and oxygen atoms in total. The second kappa shape index (κ2) is 8.89. The number of nitrogens with two attached hydrogens (primary N) is 2. The SMILES string of the molecule is COc1cc2c(cc1OC)C(NC(=O)[C@@H](N)CCCCN)CCC2. The smallest absolute Gasteiger partial charge is 0.237 e. The van der Waals surface area contributed by atoms with Crippen LogP contribution in [-0.4, -0.2) is 32.7 Å². The van der Waals surface area contributed by atoms with Crippen LogP contribution in [0.25, 0.3) is 0 Å². The second-order valence-electron chi connectivity index (χ2n) is 6.25. The van der Waals surface area contributed by atoms with E-state index in [1.165, 1.54) is 5.56 Å². The number of ether oxygens (including phenoxy) is 2. The van der Waals surface area contributed by atoms with E-state index in [0.717, 1.165) is 43.4 Å². The first kappa shape index (κ1) is 18.5. The molecule has 0 aromatic heterocycles. The highest BCUT2D eigenvalue weighted by Gasteiger charge is 2.25. The summed E-state index contributed by atoms with van der Waals surface area (Å²) in [7, 11) is 3.25. The molecule has 0 spiro atoms. The zero-order valence-corrected chi connectivity index (χ0v) is 14.6. The summed E-state index contributed by atoms with van der Waals surface area (Å²) >= 11 is 0. The molecule has 6 heteroatoms. The molecule has 0 saturated heterocycles. The van der Waals surface area contributed by atoms with Gasteiger partial charge in [0, 0.05) is 0 Å². The molecular formula is C18H29N3O3. The van der Waals surface area contributed by atoms with Crippen LogP contribution in [0, 0.1) is 0 Å². The predicted octanol–water partition coefficient (Wildman–Crippen LogP) is 1.65. The third-order valence-electron chi connectivity index (χ3n) is 4.58. The molecule has 1 unspecified atom stereocenters. The lowest BCUT2D eigenvalue weighted by Gasteiger charge is -2.28. The van der Waals surface area contributed by atoms with E-state index < -0.39 is 6.04 Å². The quantitative estimate of drug-likeness (QED) is 0.627. The van der Waals surface area contributed by atoms with Gasteiger partial charge in [0.2, 0.25) is 5.91 Å². The number of benzene rings is 1. The molecule has 1 amide bonds. The van der Waals surface area contributed by atoms with Gasteiger partial charge in [0.1, 0.15) is 0 Å². The molecule has 2 rings (SSSR count). The molecule has 0 radical (unpaired) electrons. The number of unbranched alkanes of at least 4 members (excludes halogenated alkanes) is 1. The topological polar surface area (TPSA) is 99.6 Å². The van der Waals surface area contributed by atoms with Crippen LogP contribution < -0.4 is 26.3 Å². The lowest BCUT2D eigenvalue weighted by molar-refractivity contribution is -0.123. The fraction of sp³-hybridized carbons (Fsp3) is 0.611. The van der Waals surface area contributed by atoms with Gasteiger partial charge in [0.25, 0.3) is 0 Å². The minimum absolute atomic E-state index is 0.0263. The molecule has 24 heavy (non-hydrogen) atoms. The standard InChI is InChI=1S/C18H29N3O3/c1-23-16-10-12-6-5-8-15(13(12)11-17(16)24-2)21-18(22)14(20)7-3-4-9-19/h10-11,14-15H,3-9,19-20H2,1-2H3,(H,21,22)/t14-,15?/m0/s1. The number of hydrogen-bond acceptors (Lipinski definition) is 5. The van der Waals surface area contributed by atoms with Gasteiger partial charge in [-0.25, -0.2) is 0 Å². The van der Waals surface area contributed by atoms with Crippen LogP contribution >= 0.6 is 0 Å². The van der Waals surface area contributed by atoms with Crippen LogP contribution in [0.15, 0.2) is 12.1 Å². The minimum Gasteiger partial charge on any atom is -0.493 e. The summed E-state index contributed by atoms with van der Waals surface area (Å²) in [6.07, 6.45) is 5.33. The van der Waals surface area contributed by atoms with E-state index in [4.69, 9.17) is 20.9 Å². The molecule has 1 aromatic rings. The largest absolute Gasteiger partial charge is 0.493 e. The number of methoxy groups -OCH3 is 2. The Morgan fingerprint density at radius 1 is 1.29 bits per heavy atom. The number of aryl methyl sites for hydroxylation is 1. The zero-order valence-electron chi connectivity index (χ0n) is 14.6. The first-order valence-electron chi connectivity index (χ1n) is 8.61. The third-order valence-corrected chi connectivity index (χ3v) is 4.58. The van der Waals surface area contributed by atoms with Gasteiger partial charge in [-0.15, -0.1) is 0 Å². The highest BCUT2D eigenvalue weighted by Crippen LogP contribution is 2.38. The van der Waals surface area contributed by atoms with E-state index in [-0.39, 0.29) is 11.9 Å². The van der Waals surface area contributed by atoms with E-state index in [1.54, 1.807) is 14.2 Å². The second-order valence-corrected chi connectivity index (χ2v) is 6.25. The van der Waals surface area contributed by atoms with Crippen molar-refractivity contribution in [3.63, 3.8) is 0 Å². The number of carbonyl (C=O) groups excluding carboxylic acids is 1. The Morgan fingerprint density at radius 3 is 2.67 bits per heavy atom. The Bertz CT molecular complexity index is 563. The van der Waals surface area contributed by atoms with Crippen molar-refractivity contribution in [3.8, 4) is 11.5 Å². The summed E-state index contributed by atoms with van der Waals surface area (Å²) < 4.78 is 10.8. The monoisotopic (exact) mass is 335 g/mol. The van der Waals surface area contributed by atoms with Crippen molar-refractivity contribution in [2.24, 2.45) is 11.5 Å². The third kappa shape index (κ3) is 4.39. The summed E-state index contributed by atoms with van der Waals surface area (Å²) in [6.45, 7) is 0.631. The van der Waals surface area contributed by atoms with Gasteiger partial charge in [-0.1, -0.05) is 6.42 Å². The van der Waals surface area contributed by atoms with Crippen molar-refractivity contribution < 1.29 is 14.3 Å². The average Bonchev–Trinajstić information content (AvgIpc) is 2.60. The van der Waals surface area contributed by atoms with E-state index in [1.807, 2.05) is 12.1 Å². The number of fused-ring (bicyclic) bond motifs is 1. The average molecular weight is 335 g/mol.